The van der Waals surface area contributed by atoms with Crippen LogP contribution in [0.2, 0.25) is 5.02 Å². The third-order valence-corrected chi connectivity index (χ3v) is 4.96. The number of aromatic nitrogens is 1. The molecule has 0 bridgehead atoms. The predicted octanol–water partition coefficient (Wildman–Crippen LogP) is 5.34. The maximum absolute atomic E-state index is 13.8. The Balaban J connectivity index is 1.85. The molecule has 6 heteroatoms. The maximum atomic E-state index is 13.8. The standard InChI is InChI=1S/C23H16ClFN2O2/c1-14-6-9-16(12-21(14)25)26-22(28)20-13-27(17-10-7-15(24)8-11-17)23(29)19-5-3-2-4-18(19)20/h2-13H,1H3,(H,26,28). The zero-order valence-electron chi connectivity index (χ0n) is 15.4. The Hall–Kier alpha value is -3.44. The van der Waals surface area contributed by atoms with Gasteiger partial charge in [-0.25, -0.2) is 4.39 Å². The number of anilines is 1. The molecule has 1 amide bonds. The second-order valence-corrected chi connectivity index (χ2v) is 7.09. The topological polar surface area (TPSA) is 51.1 Å². The molecule has 144 valence electrons. The average Bonchev–Trinajstić information content (AvgIpc) is 2.72. The molecule has 0 radical (unpaired) electrons. The SMILES string of the molecule is Cc1ccc(NC(=O)c2cn(-c3ccc(Cl)cc3)c(=O)c3ccccc23)cc1F. The molecule has 1 N–H and O–H groups in total. The van der Waals surface area contributed by atoms with E-state index < -0.39 is 11.7 Å². The fraction of sp³-hybridized carbons (Fsp3) is 0.0435. The first kappa shape index (κ1) is 18.9. The van der Waals surface area contributed by atoms with Gasteiger partial charge in [0.2, 0.25) is 0 Å². The maximum Gasteiger partial charge on any atom is 0.262 e. The number of nitrogens with zero attached hydrogens (tertiary/aromatic N) is 1. The molecule has 1 heterocycles. The first-order valence-electron chi connectivity index (χ1n) is 8.92. The summed E-state index contributed by atoms with van der Waals surface area (Å²) < 4.78 is 15.3. The molecule has 0 aliphatic carbocycles. The summed E-state index contributed by atoms with van der Waals surface area (Å²) in [5.41, 5.74) is 1.47. The van der Waals surface area contributed by atoms with E-state index in [4.69, 9.17) is 11.6 Å². The summed E-state index contributed by atoms with van der Waals surface area (Å²) in [6.07, 6.45) is 1.49. The van der Waals surface area contributed by atoms with Crippen molar-refractivity contribution in [1.82, 2.24) is 4.57 Å². The monoisotopic (exact) mass is 406 g/mol. The first-order chi connectivity index (χ1) is 13.9. The van der Waals surface area contributed by atoms with E-state index in [0.29, 0.717) is 38.3 Å². The normalized spacial score (nSPS) is 10.9. The van der Waals surface area contributed by atoms with Gasteiger partial charge in [0.25, 0.3) is 11.5 Å². The highest BCUT2D eigenvalue weighted by molar-refractivity contribution is 6.30. The number of amides is 1. The van der Waals surface area contributed by atoms with Crippen LogP contribution in [-0.2, 0) is 0 Å². The molecule has 29 heavy (non-hydrogen) atoms. The summed E-state index contributed by atoms with van der Waals surface area (Å²) in [5, 5.41) is 4.18. The van der Waals surface area contributed by atoms with Gasteiger partial charge >= 0.3 is 0 Å². The molecule has 0 atom stereocenters. The quantitative estimate of drug-likeness (QED) is 0.499. The largest absolute Gasteiger partial charge is 0.322 e. The Morgan fingerprint density at radius 1 is 1.00 bits per heavy atom. The highest BCUT2D eigenvalue weighted by Gasteiger charge is 2.16. The van der Waals surface area contributed by atoms with E-state index in [-0.39, 0.29) is 5.56 Å². The number of carbonyl (C=O) groups is 1. The van der Waals surface area contributed by atoms with Gasteiger partial charge in [-0.05, 0) is 55.0 Å². The van der Waals surface area contributed by atoms with Gasteiger partial charge in [-0.15, -0.1) is 0 Å². The summed E-state index contributed by atoms with van der Waals surface area (Å²) in [7, 11) is 0. The van der Waals surface area contributed by atoms with Crippen LogP contribution in [0.1, 0.15) is 15.9 Å². The predicted molar refractivity (Wildman–Crippen MR) is 114 cm³/mol. The number of halogens is 2. The molecule has 4 nitrogen and oxygen atoms in total. The number of benzene rings is 3. The van der Waals surface area contributed by atoms with Crippen molar-refractivity contribution in [3.8, 4) is 5.69 Å². The number of nitrogens with one attached hydrogen (secondary N) is 1. The van der Waals surface area contributed by atoms with Crippen molar-refractivity contribution in [3.05, 3.63) is 105 Å². The minimum atomic E-state index is -0.438. The van der Waals surface area contributed by atoms with Crippen LogP contribution >= 0.6 is 11.6 Å². The van der Waals surface area contributed by atoms with Gasteiger partial charge in [0.05, 0.1) is 5.56 Å². The molecule has 0 aliphatic heterocycles. The van der Waals surface area contributed by atoms with Gasteiger partial charge in [0.1, 0.15) is 5.82 Å². The van der Waals surface area contributed by atoms with Gasteiger partial charge in [0.15, 0.2) is 0 Å². The lowest BCUT2D eigenvalue weighted by atomic mass is 10.1. The van der Waals surface area contributed by atoms with E-state index in [0.717, 1.165) is 0 Å². The lowest BCUT2D eigenvalue weighted by Crippen LogP contribution is -2.22. The number of carbonyl (C=O) groups excluding carboxylic acids is 1. The fourth-order valence-corrected chi connectivity index (χ4v) is 3.26. The van der Waals surface area contributed by atoms with Gasteiger partial charge in [-0.2, -0.15) is 0 Å². The van der Waals surface area contributed by atoms with Crippen molar-refractivity contribution in [1.29, 1.82) is 0 Å². The van der Waals surface area contributed by atoms with Crippen LogP contribution in [0.4, 0.5) is 10.1 Å². The Morgan fingerprint density at radius 2 is 1.69 bits per heavy atom. The average molecular weight is 407 g/mol. The van der Waals surface area contributed by atoms with Crippen LogP contribution in [-0.4, -0.2) is 10.5 Å². The van der Waals surface area contributed by atoms with Gasteiger partial charge in [-0.3, -0.25) is 14.2 Å². The molecular formula is C23H16ClFN2O2. The molecule has 0 spiro atoms. The Kier molecular flexibility index (Phi) is 4.91. The van der Waals surface area contributed by atoms with Crippen LogP contribution in [0, 0.1) is 12.7 Å². The lowest BCUT2D eigenvalue weighted by molar-refractivity contribution is 0.102. The molecular weight excluding hydrogens is 391 g/mol. The lowest BCUT2D eigenvalue weighted by Gasteiger charge is -2.13. The zero-order valence-corrected chi connectivity index (χ0v) is 16.2. The third-order valence-electron chi connectivity index (χ3n) is 4.70. The van der Waals surface area contributed by atoms with Crippen LogP contribution in [0.3, 0.4) is 0 Å². The van der Waals surface area contributed by atoms with Gasteiger partial charge in [0, 0.05) is 33.4 Å². The number of pyridine rings is 1. The zero-order chi connectivity index (χ0) is 20.5. The molecule has 0 aliphatic rings. The molecule has 0 unspecified atom stereocenters. The van der Waals surface area contributed by atoms with Crippen LogP contribution < -0.4 is 10.9 Å². The van der Waals surface area contributed by atoms with Crippen molar-refractivity contribution in [2.24, 2.45) is 0 Å². The second kappa shape index (κ2) is 7.53. The first-order valence-corrected chi connectivity index (χ1v) is 9.30. The molecule has 1 aromatic heterocycles. The number of fused-ring (bicyclic) bond motifs is 1. The van der Waals surface area contributed by atoms with E-state index in [1.165, 1.54) is 16.8 Å². The van der Waals surface area contributed by atoms with E-state index in [1.54, 1.807) is 67.6 Å². The highest BCUT2D eigenvalue weighted by Crippen LogP contribution is 2.21. The summed E-state index contributed by atoms with van der Waals surface area (Å²) >= 11 is 5.95. The van der Waals surface area contributed by atoms with Crippen molar-refractivity contribution in [2.75, 3.05) is 5.32 Å². The molecule has 0 fully saturated rings. The van der Waals surface area contributed by atoms with E-state index in [9.17, 15) is 14.0 Å². The minimum Gasteiger partial charge on any atom is -0.322 e. The van der Waals surface area contributed by atoms with Gasteiger partial charge in [-0.1, -0.05) is 35.9 Å². The fourth-order valence-electron chi connectivity index (χ4n) is 3.13. The molecule has 0 saturated heterocycles. The third kappa shape index (κ3) is 3.65. The van der Waals surface area contributed by atoms with Crippen molar-refractivity contribution in [3.63, 3.8) is 0 Å². The Morgan fingerprint density at radius 3 is 2.38 bits per heavy atom. The Labute approximate surface area is 171 Å². The summed E-state index contributed by atoms with van der Waals surface area (Å²) in [4.78, 5) is 26.0. The molecule has 0 saturated carbocycles. The summed E-state index contributed by atoms with van der Waals surface area (Å²) in [6, 6.07) is 18.1. The molecule has 4 rings (SSSR count). The molecule has 4 aromatic rings. The molecule has 3 aromatic carbocycles. The number of rotatable bonds is 3. The van der Waals surface area contributed by atoms with E-state index in [2.05, 4.69) is 5.32 Å². The van der Waals surface area contributed by atoms with Crippen molar-refractivity contribution >= 4 is 34.0 Å². The van der Waals surface area contributed by atoms with Crippen molar-refractivity contribution in [2.45, 2.75) is 6.92 Å². The van der Waals surface area contributed by atoms with Crippen LogP contribution in [0.15, 0.2) is 77.7 Å². The highest BCUT2D eigenvalue weighted by atomic mass is 35.5. The number of hydrogen-bond donors (Lipinski definition) is 1. The van der Waals surface area contributed by atoms with E-state index in [1.807, 2.05) is 0 Å². The smallest absolute Gasteiger partial charge is 0.262 e. The Bertz CT molecular complexity index is 1300. The summed E-state index contributed by atoms with van der Waals surface area (Å²) in [6.45, 7) is 1.65. The minimum absolute atomic E-state index is 0.249. The van der Waals surface area contributed by atoms with Crippen LogP contribution in [0.5, 0.6) is 0 Å². The number of hydrogen-bond acceptors (Lipinski definition) is 2. The number of aryl methyl sites for hydroxylation is 1. The van der Waals surface area contributed by atoms with Crippen LogP contribution in [0.25, 0.3) is 16.5 Å². The van der Waals surface area contributed by atoms with E-state index >= 15 is 0 Å². The second-order valence-electron chi connectivity index (χ2n) is 6.66. The van der Waals surface area contributed by atoms with Gasteiger partial charge < -0.3 is 5.32 Å². The van der Waals surface area contributed by atoms with Crippen molar-refractivity contribution < 1.29 is 9.18 Å². The summed E-state index contributed by atoms with van der Waals surface area (Å²) in [5.74, 6) is -0.842.